The van der Waals surface area contributed by atoms with Gasteiger partial charge in [-0.05, 0) is 18.9 Å². The summed E-state index contributed by atoms with van der Waals surface area (Å²) in [6.07, 6.45) is 16.2. The van der Waals surface area contributed by atoms with Crippen LogP contribution in [0.3, 0.4) is 0 Å². The van der Waals surface area contributed by atoms with Crippen molar-refractivity contribution >= 4 is 16.6 Å². The van der Waals surface area contributed by atoms with Gasteiger partial charge < -0.3 is 0 Å². The molecule has 31 heavy (non-hydrogen) atoms. The van der Waals surface area contributed by atoms with E-state index < -0.39 is 4.92 Å². The van der Waals surface area contributed by atoms with E-state index in [0.717, 1.165) is 37.9 Å². The first-order valence-corrected chi connectivity index (χ1v) is 12.3. The molecule has 0 saturated heterocycles. The molecule has 0 atom stereocenters. The Bertz CT molecular complexity index is 876. The first kappa shape index (κ1) is 25.0. The number of benzene rings is 1. The second kappa shape index (κ2) is 13.9. The van der Waals surface area contributed by atoms with Gasteiger partial charge in [0.15, 0.2) is 0 Å². The van der Waals surface area contributed by atoms with Crippen LogP contribution in [0.4, 0.5) is 5.69 Å². The lowest BCUT2D eigenvalue weighted by Gasteiger charge is -2.14. The zero-order valence-corrected chi connectivity index (χ0v) is 19.4. The van der Waals surface area contributed by atoms with Crippen LogP contribution in [0.25, 0.3) is 10.9 Å². The maximum atomic E-state index is 13.2. The first-order chi connectivity index (χ1) is 15.1. The number of fused-ring (bicyclic) bond motifs is 1. The quantitative estimate of drug-likeness (QED) is 0.164. The molecule has 2 aromatic rings. The molecule has 0 saturated carbocycles. The number of nitrogens with zero attached hydrogens (tertiary/aromatic N) is 3. The van der Waals surface area contributed by atoms with Crippen molar-refractivity contribution < 1.29 is 4.92 Å². The summed E-state index contributed by atoms with van der Waals surface area (Å²) in [5.74, 6) is 0.827. The van der Waals surface area contributed by atoms with E-state index in [-0.39, 0.29) is 11.2 Å². The highest BCUT2D eigenvalue weighted by Gasteiger charge is 2.14. The highest BCUT2D eigenvalue weighted by Crippen LogP contribution is 2.19. The Kier molecular flexibility index (Phi) is 11.3. The molecule has 0 radical (unpaired) electrons. The van der Waals surface area contributed by atoms with E-state index in [1.165, 1.54) is 69.9 Å². The summed E-state index contributed by atoms with van der Waals surface area (Å²) in [6.45, 7) is 5.07. The van der Waals surface area contributed by atoms with Gasteiger partial charge in [0.1, 0.15) is 5.82 Å². The Morgan fingerprint density at radius 2 is 1.45 bits per heavy atom. The summed E-state index contributed by atoms with van der Waals surface area (Å²) in [5.41, 5.74) is 0.366. The SMILES string of the molecule is CCCCCCCCCc1nc2ccc([N+](=O)[O-])cc2c(=O)n1CCCCCCCC. The van der Waals surface area contributed by atoms with Crippen molar-refractivity contribution in [1.29, 1.82) is 0 Å². The van der Waals surface area contributed by atoms with Crippen molar-refractivity contribution in [1.82, 2.24) is 9.55 Å². The van der Waals surface area contributed by atoms with Crippen LogP contribution in [0.5, 0.6) is 0 Å². The van der Waals surface area contributed by atoms with Gasteiger partial charge in [-0.2, -0.15) is 0 Å². The van der Waals surface area contributed by atoms with Gasteiger partial charge in [0.25, 0.3) is 11.2 Å². The Morgan fingerprint density at radius 3 is 2.06 bits per heavy atom. The second-order valence-corrected chi connectivity index (χ2v) is 8.58. The third-order valence-electron chi connectivity index (χ3n) is 5.97. The van der Waals surface area contributed by atoms with Gasteiger partial charge in [0, 0.05) is 25.1 Å². The average Bonchev–Trinajstić information content (AvgIpc) is 2.76. The molecule has 0 bridgehead atoms. The fraction of sp³-hybridized carbons (Fsp3) is 0.680. The molecule has 6 heteroatoms. The number of nitro benzene ring substituents is 1. The van der Waals surface area contributed by atoms with Gasteiger partial charge in [-0.3, -0.25) is 19.5 Å². The number of rotatable bonds is 16. The normalized spacial score (nSPS) is 11.3. The first-order valence-electron chi connectivity index (χ1n) is 12.3. The molecule has 0 fully saturated rings. The molecule has 1 aromatic carbocycles. The molecule has 0 aliphatic carbocycles. The molecule has 0 N–H and O–H groups in total. The Labute approximate surface area is 186 Å². The van der Waals surface area contributed by atoms with Crippen molar-refractivity contribution in [3.8, 4) is 0 Å². The second-order valence-electron chi connectivity index (χ2n) is 8.58. The van der Waals surface area contributed by atoms with E-state index in [1.807, 2.05) is 0 Å². The average molecular weight is 430 g/mol. The lowest BCUT2D eigenvalue weighted by atomic mass is 10.1. The van der Waals surface area contributed by atoms with Crippen LogP contribution in [-0.4, -0.2) is 14.5 Å². The summed E-state index contributed by atoms with van der Waals surface area (Å²) in [6, 6.07) is 4.42. The number of hydrogen-bond acceptors (Lipinski definition) is 4. The highest BCUT2D eigenvalue weighted by molar-refractivity contribution is 5.80. The zero-order valence-electron chi connectivity index (χ0n) is 19.4. The predicted molar refractivity (Wildman–Crippen MR) is 128 cm³/mol. The minimum atomic E-state index is -0.455. The molecule has 0 amide bonds. The van der Waals surface area contributed by atoms with Crippen LogP contribution in [0, 0.1) is 10.1 Å². The van der Waals surface area contributed by atoms with Gasteiger partial charge in [-0.25, -0.2) is 4.98 Å². The lowest BCUT2D eigenvalue weighted by molar-refractivity contribution is -0.384. The third kappa shape index (κ3) is 8.08. The maximum Gasteiger partial charge on any atom is 0.270 e. The van der Waals surface area contributed by atoms with Crippen LogP contribution in [0.1, 0.15) is 103 Å². The zero-order chi connectivity index (χ0) is 22.5. The minimum Gasteiger partial charge on any atom is -0.296 e. The number of hydrogen-bond donors (Lipinski definition) is 0. The third-order valence-corrected chi connectivity index (χ3v) is 5.97. The molecule has 0 spiro atoms. The smallest absolute Gasteiger partial charge is 0.270 e. The summed E-state index contributed by atoms with van der Waals surface area (Å²) < 4.78 is 1.78. The van der Waals surface area contributed by atoms with Gasteiger partial charge in [0.05, 0.1) is 15.8 Å². The predicted octanol–water partition coefficient (Wildman–Crippen LogP) is 6.96. The molecule has 0 aliphatic rings. The molecular weight excluding hydrogens is 390 g/mol. The monoisotopic (exact) mass is 429 g/mol. The van der Waals surface area contributed by atoms with Crippen molar-refractivity contribution in [3.05, 3.63) is 44.5 Å². The van der Waals surface area contributed by atoms with Crippen molar-refractivity contribution in [2.45, 2.75) is 110 Å². The Morgan fingerprint density at radius 1 is 0.871 bits per heavy atom. The summed E-state index contributed by atoms with van der Waals surface area (Å²) in [7, 11) is 0. The molecule has 6 nitrogen and oxygen atoms in total. The molecule has 1 heterocycles. The molecule has 1 aromatic heterocycles. The van der Waals surface area contributed by atoms with E-state index in [1.54, 1.807) is 10.6 Å². The van der Waals surface area contributed by atoms with Gasteiger partial charge >= 0.3 is 0 Å². The number of non-ortho nitro benzene ring substituents is 1. The Hall–Kier alpha value is -2.24. The molecule has 0 unspecified atom stereocenters. The number of aromatic nitrogens is 2. The van der Waals surface area contributed by atoms with Crippen LogP contribution in [0.15, 0.2) is 23.0 Å². The van der Waals surface area contributed by atoms with Gasteiger partial charge in [-0.15, -0.1) is 0 Å². The fourth-order valence-corrected chi connectivity index (χ4v) is 4.08. The van der Waals surface area contributed by atoms with Crippen molar-refractivity contribution in [2.24, 2.45) is 0 Å². The van der Waals surface area contributed by atoms with Gasteiger partial charge in [0.2, 0.25) is 0 Å². The fourth-order valence-electron chi connectivity index (χ4n) is 4.08. The van der Waals surface area contributed by atoms with Gasteiger partial charge in [-0.1, -0.05) is 84.5 Å². The molecule has 0 aliphatic heterocycles. The van der Waals surface area contributed by atoms with Crippen LogP contribution >= 0.6 is 0 Å². The minimum absolute atomic E-state index is 0.0580. The molecule has 2 rings (SSSR count). The van der Waals surface area contributed by atoms with Crippen molar-refractivity contribution in [3.63, 3.8) is 0 Å². The Balaban J connectivity index is 2.12. The van der Waals surface area contributed by atoms with Crippen LogP contribution in [-0.2, 0) is 13.0 Å². The standard InChI is InChI=1S/C25H39N3O3/c1-3-5-7-9-11-12-14-16-24-26-23-18-17-21(28(30)31)20-22(23)25(29)27(24)19-15-13-10-8-6-4-2/h17-18,20H,3-16,19H2,1-2H3. The maximum absolute atomic E-state index is 13.2. The van der Waals surface area contributed by atoms with Crippen molar-refractivity contribution in [2.75, 3.05) is 0 Å². The van der Waals surface area contributed by atoms with E-state index in [4.69, 9.17) is 4.98 Å². The van der Waals surface area contributed by atoms with Crippen LogP contribution < -0.4 is 5.56 Å². The molecular formula is C25H39N3O3. The van der Waals surface area contributed by atoms with E-state index in [0.29, 0.717) is 17.4 Å². The van der Waals surface area contributed by atoms with E-state index in [9.17, 15) is 14.9 Å². The largest absolute Gasteiger partial charge is 0.296 e. The van der Waals surface area contributed by atoms with E-state index in [2.05, 4.69) is 13.8 Å². The highest BCUT2D eigenvalue weighted by atomic mass is 16.6. The number of aryl methyl sites for hydroxylation is 1. The van der Waals surface area contributed by atoms with Crippen LogP contribution in [0.2, 0.25) is 0 Å². The lowest BCUT2D eigenvalue weighted by Crippen LogP contribution is -2.25. The number of unbranched alkanes of at least 4 members (excludes halogenated alkanes) is 11. The molecule has 172 valence electrons. The summed E-state index contributed by atoms with van der Waals surface area (Å²) in [5, 5.41) is 11.5. The topological polar surface area (TPSA) is 78.0 Å². The summed E-state index contributed by atoms with van der Waals surface area (Å²) in [4.78, 5) is 28.6. The summed E-state index contributed by atoms with van der Waals surface area (Å²) >= 11 is 0. The van der Waals surface area contributed by atoms with E-state index >= 15 is 0 Å². The number of nitro groups is 1.